The van der Waals surface area contributed by atoms with Crippen molar-refractivity contribution in [3.05, 3.63) is 11.8 Å². The summed E-state index contributed by atoms with van der Waals surface area (Å²) in [6.07, 6.45) is 2.20. The maximum Gasteiger partial charge on any atom is 0.207 e. The zero-order chi connectivity index (χ0) is 8.91. The summed E-state index contributed by atoms with van der Waals surface area (Å²) in [7, 11) is 0. The molecule has 0 aliphatic heterocycles. The number of aliphatic hydroxyl groups is 1. The van der Waals surface area contributed by atoms with Gasteiger partial charge in [0.1, 0.15) is 0 Å². The predicted molar refractivity (Wildman–Crippen MR) is 44.2 cm³/mol. The van der Waals surface area contributed by atoms with Crippen LogP contribution in [0, 0.1) is 5.41 Å². The Morgan fingerprint density at radius 2 is 2.09 bits per heavy atom. The zero-order valence-corrected chi connectivity index (χ0v) is 7.22. The molecular formula is C8H15NO2. The molecule has 11 heavy (non-hydrogen) atoms. The highest BCUT2D eigenvalue weighted by Gasteiger charge is 2.14. The highest BCUT2D eigenvalue weighted by Crippen LogP contribution is 2.21. The number of amides is 1. The molecular weight excluding hydrogens is 142 g/mol. The summed E-state index contributed by atoms with van der Waals surface area (Å²) in [6, 6.07) is 0. The number of hydrogen-bond acceptors (Lipinski definition) is 2. The summed E-state index contributed by atoms with van der Waals surface area (Å²) in [5, 5.41) is 11.8. The summed E-state index contributed by atoms with van der Waals surface area (Å²) in [5.74, 6) is 0.298. The van der Waals surface area contributed by atoms with Gasteiger partial charge in [-0.25, -0.2) is 0 Å². The van der Waals surface area contributed by atoms with Gasteiger partial charge >= 0.3 is 0 Å². The number of aliphatic hydroxyl groups excluding tert-OH is 1. The van der Waals surface area contributed by atoms with E-state index in [2.05, 4.69) is 5.32 Å². The Morgan fingerprint density at radius 3 is 2.45 bits per heavy atom. The van der Waals surface area contributed by atoms with Crippen LogP contribution in [0.15, 0.2) is 11.8 Å². The molecule has 0 saturated carbocycles. The van der Waals surface area contributed by atoms with E-state index in [1.807, 2.05) is 20.8 Å². The van der Waals surface area contributed by atoms with Crippen LogP contribution < -0.4 is 5.32 Å². The second-order valence-corrected chi connectivity index (χ2v) is 3.37. The number of nitrogens with one attached hydrogen (secondary N) is 1. The van der Waals surface area contributed by atoms with E-state index in [0.29, 0.717) is 18.7 Å². The molecule has 64 valence electrons. The van der Waals surface area contributed by atoms with Gasteiger partial charge in [0.15, 0.2) is 0 Å². The first-order valence-corrected chi connectivity index (χ1v) is 3.55. The lowest BCUT2D eigenvalue weighted by Crippen LogP contribution is -2.14. The summed E-state index contributed by atoms with van der Waals surface area (Å²) in [5.41, 5.74) is -0.232. The lowest BCUT2D eigenvalue weighted by atomic mass is 9.94. The smallest absolute Gasteiger partial charge is 0.207 e. The number of carbonyl (C=O) groups excluding carboxylic acids is 1. The molecule has 0 atom stereocenters. The van der Waals surface area contributed by atoms with E-state index in [4.69, 9.17) is 0 Å². The normalized spacial score (nSPS) is 12.8. The molecule has 0 bridgehead atoms. The molecule has 0 aliphatic rings. The van der Waals surface area contributed by atoms with E-state index in [-0.39, 0.29) is 5.41 Å². The van der Waals surface area contributed by atoms with Gasteiger partial charge in [-0.2, -0.15) is 0 Å². The lowest BCUT2D eigenvalue weighted by molar-refractivity contribution is -0.109. The van der Waals surface area contributed by atoms with Crippen molar-refractivity contribution in [2.75, 3.05) is 6.54 Å². The molecule has 0 spiro atoms. The van der Waals surface area contributed by atoms with Gasteiger partial charge in [-0.1, -0.05) is 20.8 Å². The van der Waals surface area contributed by atoms with Crippen LogP contribution in [0.3, 0.4) is 0 Å². The fraction of sp³-hybridized carbons (Fsp3) is 0.625. The molecule has 0 aromatic heterocycles. The lowest BCUT2D eigenvalue weighted by Gasteiger charge is -2.16. The van der Waals surface area contributed by atoms with Crippen LogP contribution in [0.1, 0.15) is 20.8 Å². The molecule has 1 amide bonds. The van der Waals surface area contributed by atoms with E-state index < -0.39 is 0 Å². The quantitative estimate of drug-likeness (QED) is 0.367. The average molecular weight is 157 g/mol. The summed E-state index contributed by atoms with van der Waals surface area (Å²) >= 11 is 0. The Hall–Kier alpha value is -0.990. The van der Waals surface area contributed by atoms with Gasteiger partial charge < -0.3 is 10.4 Å². The maximum atomic E-state index is 9.81. The maximum absolute atomic E-state index is 9.81. The van der Waals surface area contributed by atoms with Gasteiger partial charge in [0, 0.05) is 12.0 Å². The number of allylic oxidation sites excluding steroid dienone is 1. The van der Waals surface area contributed by atoms with E-state index in [1.165, 1.54) is 0 Å². The first kappa shape index (κ1) is 10.0. The van der Waals surface area contributed by atoms with Gasteiger partial charge in [0.05, 0.1) is 5.76 Å². The Labute approximate surface area is 67.1 Å². The van der Waals surface area contributed by atoms with Gasteiger partial charge in [0.2, 0.25) is 6.41 Å². The van der Waals surface area contributed by atoms with Crippen molar-refractivity contribution in [2.45, 2.75) is 20.8 Å². The van der Waals surface area contributed by atoms with Gasteiger partial charge in [-0.15, -0.1) is 0 Å². The first-order chi connectivity index (χ1) is 4.98. The molecule has 2 N–H and O–H groups in total. The molecule has 0 radical (unpaired) electrons. The second-order valence-electron chi connectivity index (χ2n) is 3.37. The van der Waals surface area contributed by atoms with Crippen molar-refractivity contribution >= 4 is 6.41 Å². The summed E-state index contributed by atoms with van der Waals surface area (Å²) in [6.45, 7) is 6.09. The second kappa shape index (κ2) is 4.01. The van der Waals surface area contributed by atoms with Crippen molar-refractivity contribution in [3.63, 3.8) is 0 Å². The molecule has 3 heteroatoms. The number of carbonyl (C=O) groups is 1. The van der Waals surface area contributed by atoms with Crippen LogP contribution in [0.5, 0.6) is 0 Å². The van der Waals surface area contributed by atoms with E-state index in [0.717, 1.165) is 0 Å². The number of rotatable bonds is 3. The first-order valence-electron chi connectivity index (χ1n) is 3.55. The molecule has 0 heterocycles. The molecule has 0 aliphatic carbocycles. The Kier molecular flexibility index (Phi) is 3.65. The largest absolute Gasteiger partial charge is 0.512 e. The van der Waals surface area contributed by atoms with Crippen LogP contribution >= 0.6 is 0 Å². The van der Waals surface area contributed by atoms with Crippen LogP contribution in [0.4, 0.5) is 0 Å². The van der Waals surface area contributed by atoms with Crippen molar-refractivity contribution < 1.29 is 9.90 Å². The standard InChI is InChI=1S/C8H15NO2/c1-8(2,3)7(11)4-5-9-6-10/h4,6,11H,5H2,1-3H3,(H,9,10)/b7-4-. The highest BCUT2D eigenvalue weighted by molar-refractivity contribution is 5.46. The molecule has 0 unspecified atom stereocenters. The molecule has 0 rings (SSSR count). The van der Waals surface area contributed by atoms with Crippen molar-refractivity contribution in [2.24, 2.45) is 5.41 Å². The third-order valence-electron chi connectivity index (χ3n) is 1.27. The Bertz CT molecular complexity index is 156. The Morgan fingerprint density at radius 1 is 1.55 bits per heavy atom. The highest BCUT2D eigenvalue weighted by atomic mass is 16.3. The fourth-order valence-electron chi connectivity index (χ4n) is 0.510. The third-order valence-corrected chi connectivity index (χ3v) is 1.27. The van der Waals surface area contributed by atoms with Gasteiger partial charge in [-0.3, -0.25) is 4.79 Å². The SMILES string of the molecule is CC(C)(C)/C(O)=C/CNC=O. The molecule has 0 aromatic carbocycles. The molecule has 0 saturated heterocycles. The topological polar surface area (TPSA) is 49.3 Å². The van der Waals surface area contributed by atoms with Crippen molar-refractivity contribution in [1.29, 1.82) is 0 Å². The van der Waals surface area contributed by atoms with E-state index in [9.17, 15) is 9.90 Å². The minimum absolute atomic E-state index is 0.232. The minimum atomic E-state index is -0.232. The van der Waals surface area contributed by atoms with Crippen LogP contribution in [-0.2, 0) is 4.79 Å². The summed E-state index contributed by atoms with van der Waals surface area (Å²) in [4.78, 5) is 9.81. The van der Waals surface area contributed by atoms with E-state index in [1.54, 1.807) is 6.08 Å². The average Bonchev–Trinajstić information content (AvgIpc) is 1.86. The van der Waals surface area contributed by atoms with E-state index >= 15 is 0 Å². The zero-order valence-electron chi connectivity index (χ0n) is 7.22. The third kappa shape index (κ3) is 4.42. The van der Waals surface area contributed by atoms with Crippen molar-refractivity contribution in [3.8, 4) is 0 Å². The van der Waals surface area contributed by atoms with Crippen LogP contribution in [0.25, 0.3) is 0 Å². The van der Waals surface area contributed by atoms with Gasteiger partial charge in [-0.05, 0) is 6.08 Å². The molecule has 0 aromatic rings. The van der Waals surface area contributed by atoms with Crippen molar-refractivity contribution in [1.82, 2.24) is 5.32 Å². The van der Waals surface area contributed by atoms with Crippen LogP contribution in [-0.4, -0.2) is 18.1 Å². The van der Waals surface area contributed by atoms with Gasteiger partial charge in [0.25, 0.3) is 0 Å². The fourth-order valence-corrected chi connectivity index (χ4v) is 0.510. The molecule has 0 fully saturated rings. The monoisotopic (exact) mass is 157 g/mol. The predicted octanol–water partition coefficient (Wildman–Crippen LogP) is 1.22. The molecule has 3 nitrogen and oxygen atoms in total. The summed E-state index contributed by atoms with van der Waals surface area (Å²) < 4.78 is 0. The van der Waals surface area contributed by atoms with Crippen LogP contribution in [0.2, 0.25) is 0 Å². The number of hydrogen-bond donors (Lipinski definition) is 2. The Balaban J connectivity index is 3.90. The minimum Gasteiger partial charge on any atom is -0.512 e.